The maximum atomic E-state index is 10.8. The molecule has 1 aromatic heterocycles. The molecule has 0 amide bonds. The van der Waals surface area contributed by atoms with E-state index in [9.17, 15) is 9.59 Å². The van der Waals surface area contributed by atoms with E-state index < -0.39 is 11.2 Å². The summed E-state index contributed by atoms with van der Waals surface area (Å²) in [5.74, 6) is 0.0970. The van der Waals surface area contributed by atoms with Crippen molar-refractivity contribution >= 4 is 27.5 Å². The smallest absolute Gasteiger partial charge is 0.309 e. The Morgan fingerprint density at radius 3 is 2.55 bits per heavy atom. The molecule has 0 bridgehead atoms. The molecule has 0 radical (unpaired) electrons. The van der Waals surface area contributed by atoms with Gasteiger partial charge in [-0.25, -0.2) is 4.79 Å². The molecule has 0 aliphatic carbocycles. The summed E-state index contributed by atoms with van der Waals surface area (Å²) >= 11 is 8.40. The van der Waals surface area contributed by atoms with Crippen LogP contribution in [0.2, 0.25) is 0 Å². The quantitative estimate of drug-likeness (QED) is 0.704. The molecular weight excluding hydrogens is 235 g/mol. The topological polar surface area (TPSA) is 65.7 Å². The SMILES string of the molecule is O=c1[nH]c(CCl)c(Br)c(=O)[nH]1. The summed E-state index contributed by atoms with van der Waals surface area (Å²) in [6, 6.07) is 0. The lowest BCUT2D eigenvalue weighted by Crippen LogP contribution is -2.24. The van der Waals surface area contributed by atoms with Crippen molar-refractivity contribution < 1.29 is 0 Å². The highest BCUT2D eigenvalue weighted by Gasteiger charge is 2.03. The number of aromatic amines is 2. The highest BCUT2D eigenvalue weighted by molar-refractivity contribution is 9.10. The van der Waals surface area contributed by atoms with Crippen LogP contribution in [0.3, 0.4) is 0 Å². The minimum Gasteiger partial charge on any atom is -0.309 e. The van der Waals surface area contributed by atoms with Gasteiger partial charge in [0.15, 0.2) is 0 Å². The zero-order chi connectivity index (χ0) is 8.43. The first-order valence-electron chi connectivity index (χ1n) is 2.72. The second-order valence-corrected chi connectivity index (χ2v) is 2.89. The van der Waals surface area contributed by atoms with Crippen LogP contribution in [0.1, 0.15) is 5.69 Å². The Bertz CT molecular complexity index is 369. The number of alkyl halides is 1. The maximum Gasteiger partial charge on any atom is 0.325 e. The van der Waals surface area contributed by atoms with Crippen LogP contribution in [0.15, 0.2) is 14.1 Å². The second-order valence-electron chi connectivity index (χ2n) is 1.83. The maximum absolute atomic E-state index is 10.8. The van der Waals surface area contributed by atoms with Crippen molar-refractivity contribution in [3.05, 3.63) is 31.0 Å². The molecule has 0 spiro atoms. The average Bonchev–Trinajstić information content (AvgIpc) is 1.96. The fraction of sp³-hybridized carbons (Fsp3) is 0.200. The Labute approximate surface area is 74.7 Å². The molecule has 1 rings (SSSR count). The van der Waals surface area contributed by atoms with Crippen LogP contribution >= 0.6 is 27.5 Å². The zero-order valence-electron chi connectivity index (χ0n) is 5.28. The molecule has 0 saturated carbocycles. The van der Waals surface area contributed by atoms with Gasteiger partial charge in [-0.3, -0.25) is 9.78 Å². The van der Waals surface area contributed by atoms with Gasteiger partial charge in [0.1, 0.15) is 4.47 Å². The number of halogens is 2. The van der Waals surface area contributed by atoms with Gasteiger partial charge in [0, 0.05) is 0 Å². The molecule has 0 fully saturated rings. The largest absolute Gasteiger partial charge is 0.325 e. The minimum atomic E-state index is -0.547. The standard InChI is InChI=1S/C5H4BrClN2O2/c6-3-2(1-7)8-5(11)9-4(3)10/h1H2,(H2,8,9,10,11). The Hall–Kier alpha value is -0.550. The van der Waals surface area contributed by atoms with Crippen LogP contribution in [-0.2, 0) is 5.88 Å². The Morgan fingerprint density at radius 2 is 2.00 bits per heavy atom. The summed E-state index contributed by atoms with van der Waals surface area (Å²) in [7, 11) is 0. The van der Waals surface area contributed by atoms with Gasteiger partial charge in [0.25, 0.3) is 5.56 Å². The molecule has 4 nitrogen and oxygen atoms in total. The molecule has 6 heteroatoms. The van der Waals surface area contributed by atoms with E-state index in [0.29, 0.717) is 5.69 Å². The number of nitrogens with one attached hydrogen (secondary N) is 2. The molecule has 0 saturated heterocycles. The highest BCUT2D eigenvalue weighted by atomic mass is 79.9. The van der Waals surface area contributed by atoms with Gasteiger partial charge in [-0.05, 0) is 15.9 Å². The molecule has 1 aromatic rings. The number of H-pyrrole nitrogens is 2. The van der Waals surface area contributed by atoms with Gasteiger partial charge in [0.05, 0.1) is 11.6 Å². The van der Waals surface area contributed by atoms with E-state index >= 15 is 0 Å². The number of rotatable bonds is 1. The van der Waals surface area contributed by atoms with Crippen molar-refractivity contribution in [1.82, 2.24) is 9.97 Å². The summed E-state index contributed by atoms with van der Waals surface area (Å²) in [5.41, 5.74) is -0.626. The molecule has 0 aliphatic rings. The van der Waals surface area contributed by atoms with Gasteiger partial charge >= 0.3 is 5.69 Å². The van der Waals surface area contributed by atoms with Gasteiger partial charge < -0.3 is 4.98 Å². The fourth-order valence-corrected chi connectivity index (χ4v) is 1.31. The molecule has 0 aromatic carbocycles. The number of aromatic nitrogens is 2. The lowest BCUT2D eigenvalue weighted by atomic mass is 10.4. The molecule has 2 N–H and O–H groups in total. The summed E-state index contributed by atoms with van der Waals surface area (Å²) < 4.78 is 0.270. The zero-order valence-corrected chi connectivity index (χ0v) is 7.62. The van der Waals surface area contributed by atoms with Crippen molar-refractivity contribution in [2.45, 2.75) is 5.88 Å². The monoisotopic (exact) mass is 238 g/mol. The first-order chi connectivity index (χ1) is 5.15. The van der Waals surface area contributed by atoms with E-state index in [0.717, 1.165) is 0 Å². The fourth-order valence-electron chi connectivity index (χ4n) is 0.610. The predicted molar refractivity (Wildman–Crippen MR) is 44.9 cm³/mol. The van der Waals surface area contributed by atoms with Crippen LogP contribution in [0.4, 0.5) is 0 Å². The van der Waals surface area contributed by atoms with E-state index in [4.69, 9.17) is 11.6 Å². The first-order valence-corrected chi connectivity index (χ1v) is 4.05. The van der Waals surface area contributed by atoms with E-state index in [-0.39, 0.29) is 10.4 Å². The summed E-state index contributed by atoms with van der Waals surface area (Å²) in [6.07, 6.45) is 0. The van der Waals surface area contributed by atoms with Gasteiger partial charge in [-0.15, -0.1) is 11.6 Å². The predicted octanol–water partition coefficient (Wildman–Crippen LogP) is 0.565. The number of hydrogen-bond acceptors (Lipinski definition) is 2. The molecule has 1 heterocycles. The Morgan fingerprint density at radius 1 is 1.36 bits per heavy atom. The highest BCUT2D eigenvalue weighted by Crippen LogP contribution is 2.07. The van der Waals surface area contributed by atoms with Crippen LogP contribution in [-0.4, -0.2) is 9.97 Å². The van der Waals surface area contributed by atoms with E-state index in [1.54, 1.807) is 0 Å². The lowest BCUT2D eigenvalue weighted by Gasteiger charge is -1.95. The molecule has 60 valence electrons. The van der Waals surface area contributed by atoms with Gasteiger partial charge in [0.2, 0.25) is 0 Å². The van der Waals surface area contributed by atoms with Crippen LogP contribution in [0.25, 0.3) is 0 Å². The Balaban J connectivity index is 3.49. The van der Waals surface area contributed by atoms with Crippen molar-refractivity contribution in [3.63, 3.8) is 0 Å². The lowest BCUT2D eigenvalue weighted by molar-refractivity contribution is 0.968. The third-order valence-corrected chi connectivity index (χ3v) is 2.20. The minimum absolute atomic E-state index is 0.0970. The van der Waals surface area contributed by atoms with Crippen molar-refractivity contribution in [3.8, 4) is 0 Å². The summed E-state index contributed by atoms with van der Waals surface area (Å²) in [5, 5.41) is 0. The van der Waals surface area contributed by atoms with E-state index in [1.165, 1.54) is 0 Å². The van der Waals surface area contributed by atoms with Crippen LogP contribution in [0.5, 0.6) is 0 Å². The van der Waals surface area contributed by atoms with Crippen molar-refractivity contribution in [1.29, 1.82) is 0 Å². The molecule has 0 atom stereocenters. The molecule has 0 aliphatic heterocycles. The third-order valence-electron chi connectivity index (χ3n) is 1.09. The van der Waals surface area contributed by atoms with Gasteiger partial charge in [-0.1, -0.05) is 0 Å². The summed E-state index contributed by atoms with van der Waals surface area (Å²) in [4.78, 5) is 25.9. The van der Waals surface area contributed by atoms with Crippen molar-refractivity contribution in [2.24, 2.45) is 0 Å². The van der Waals surface area contributed by atoms with Gasteiger partial charge in [-0.2, -0.15) is 0 Å². The Kier molecular flexibility index (Phi) is 2.51. The summed E-state index contributed by atoms with van der Waals surface area (Å²) in [6.45, 7) is 0. The molecule has 11 heavy (non-hydrogen) atoms. The third kappa shape index (κ3) is 1.72. The van der Waals surface area contributed by atoms with Crippen LogP contribution in [0, 0.1) is 0 Å². The first kappa shape index (κ1) is 8.55. The number of hydrogen-bond donors (Lipinski definition) is 2. The van der Waals surface area contributed by atoms with E-state index in [1.807, 2.05) is 4.98 Å². The average molecular weight is 239 g/mol. The normalized spacial score (nSPS) is 10.0. The van der Waals surface area contributed by atoms with Crippen LogP contribution < -0.4 is 11.2 Å². The second kappa shape index (κ2) is 3.23. The molecule has 0 unspecified atom stereocenters. The van der Waals surface area contributed by atoms with E-state index in [2.05, 4.69) is 20.9 Å². The molecular formula is C5H4BrClN2O2. The van der Waals surface area contributed by atoms with Crippen molar-refractivity contribution in [2.75, 3.05) is 0 Å².